The molecule has 35 heavy (non-hydrogen) atoms. The number of anilines is 1. The van der Waals surface area contributed by atoms with Crippen molar-refractivity contribution in [2.75, 3.05) is 31.6 Å². The number of carbonyl (C=O) groups is 1. The van der Waals surface area contributed by atoms with Crippen molar-refractivity contribution in [2.24, 2.45) is 0 Å². The Labute approximate surface area is 211 Å². The van der Waals surface area contributed by atoms with E-state index in [2.05, 4.69) is 5.32 Å². The molecule has 0 unspecified atom stereocenters. The van der Waals surface area contributed by atoms with Crippen LogP contribution in [0.3, 0.4) is 0 Å². The maximum atomic E-state index is 13.5. The third-order valence-corrected chi connectivity index (χ3v) is 7.52. The van der Waals surface area contributed by atoms with E-state index >= 15 is 0 Å². The summed E-state index contributed by atoms with van der Waals surface area (Å²) in [4.78, 5) is 13.0. The first-order valence-electron chi connectivity index (χ1n) is 11.0. The largest absolute Gasteiger partial charge is 0.493 e. The molecule has 0 aliphatic carbocycles. The number of hydrogen-bond donors (Lipinski definition) is 1. The van der Waals surface area contributed by atoms with Crippen LogP contribution in [-0.4, -0.2) is 41.6 Å². The van der Waals surface area contributed by atoms with Gasteiger partial charge in [0.1, 0.15) is 6.54 Å². The van der Waals surface area contributed by atoms with E-state index in [-0.39, 0.29) is 11.4 Å². The molecule has 0 spiro atoms. The number of hydrogen-bond acceptors (Lipinski definition) is 5. The average Bonchev–Trinajstić information content (AvgIpc) is 2.83. The normalized spacial score (nSPS) is 11.1. The molecule has 1 amide bonds. The van der Waals surface area contributed by atoms with E-state index in [1.165, 1.54) is 12.1 Å². The summed E-state index contributed by atoms with van der Waals surface area (Å²) in [5, 5.41) is 3.30. The van der Waals surface area contributed by atoms with Crippen LogP contribution in [0.1, 0.15) is 16.7 Å². The first-order valence-corrected chi connectivity index (χ1v) is 12.8. The van der Waals surface area contributed by atoms with Crippen molar-refractivity contribution in [3.8, 4) is 11.5 Å². The third-order valence-electron chi connectivity index (χ3n) is 5.51. The number of ether oxygens (including phenoxy) is 2. The predicted octanol–water partition coefficient (Wildman–Crippen LogP) is 4.53. The Balaban J connectivity index is 1.78. The number of methoxy groups -OCH3 is 2. The summed E-state index contributed by atoms with van der Waals surface area (Å²) in [7, 11) is -0.869. The van der Waals surface area contributed by atoms with E-state index in [1.54, 1.807) is 57.5 Å². The lowest BCUT2D eigenvalue weighted by Gasteiger charge is -2.26. The van der Waals surface area contributed by atoms with Crippen LogP contribution in [0.2, 0.25) is 5.02 Å². The quantitative estimate of drug-likeness (QED) is 0.428. The van der Waals surface area contributed by atoms with Gasteiger partial charge in [0.05, 0.1) is 24.8 Å². The lowest BCUT2D eigenvalue weighted by atomic mass is 10.1. The van der Waals surface area contributed by atoms with Gasteiger partial charge < -0.3 is 14.8 Å². The smallest absolute Gasteiger partial charge is 0.264 e. The Kier molecular flexibility index (Phi) is 8.64. The van der Waals surface area contributed by atoms with Gasteiger partial charge in [-0.15, -0.1) is 0 Å². The summed E-state index contributed by atoms with van der Waals surface area (Å²) in [6, 6.07) is 17.0. The molecule has 0 bridgehead atoms. The molecule has 3 rings (SSSR count). The molecular weight excluding hydrogens is 488 g/mol. The fourth-order valence-corrected chi connectivity index (χ4v) is 5.32. The molecule has 7 nitrogen and oxygen atoms in total. The first-order chi connectivity index (χ1) is 16.6. The zero-order valence-corrected chi connectivity index (χ0v) is 21.7. The van der Waals surface area contributed by atoms with Crippen molar-refractivity contribution >= 4 is 33.2 Å². The van der Waals surface area contributed by atoms with Gasteiger partial charge in [-0.3, -0.25) is 9.10 Å². The lowest BCUT2D eigenvalue weighted by molar-refractivity contribution is -0.119. The second kappa shape index (κ2) is 11.5. The van der Waals surface area contributed by atoms with Gasteiger partial charge in [0.25, 0.3) is 10.0 Å². The minimum atomic E-state index is -4.00. The standard InChI is InChI=1S/C26H29ClN2O5S/c1-18-5-9-22(10-6-18)35(31,32)29(23-11-8-21(27)15-19(23)2)17-26(30)28-14-13-20-7-12-24(33-3)25(16-20)34-4/h5-12,15-16H,13-14,17H2,1-4H3,(H,28,30). The van der Waals surface area contributed by atoms with E-state index in [0.717, 1.165) is 15.4 Å². The van der Waals surface area contributed by atoms with Crippen molar-refractivity contribution in [1.82, 2.24) is 5.32 Å². The highest BCUT2D eigenvalue weighted by Gasteiger charge is 2.28. The molecule has 0 aromatic heterocycles. The maximum Gasteiger partial charge on any atom is 0.264 e. The number of amides is 1. The molecular formula is C26H29ClN2O5S. The van der Waals surface area contributed by atoms with Crippen LogP contribution in [0.4, 0.5) is 5.69 Å². The van der Waals surface area contributed by atoms with Crippen molar-refractivity contribution in [3.63, 3.8) is 0 Å². The van der Waals surface area contributed by atoms with Gasteiger partial charge in [-0.1, -0.05) is 35.4 Å². The van der Waals surface area contributed by atoms with Crippen LogP contribution in [0.25, 0.3) is 0 Å². The monoisotopic (exact) mass is 516 g/mol. The minimum Gasteiger partial charge on any atom is -0.493 e. The zero-order chi connectivity index (χ0) is 25.6. The summed E-state index contributed by atoms with van der Waals surface area (Å²) in [5.74, 6) is 0.802. The third kappa shape index (κ3) is 6.46. The van der Waals surface area contributed by atoms with Crippen LogP contribution in [-0.2, 0) is 21.2 Å². The van der Waals surface area contributed by atoms with Gasteiger partial charge in [0.2, 0.25) is 5.91 Å². The maximum absolute atomic E-state index is 13.5. The van der Waals surface area contributed by atoms with Crippen LogP contribution in [0.5, 0.6) is 11.5 Å². The molecule has 0 aliphatic heterocycles. The summed E-state index contributed by atoms with van der Waals surface area (Å²) >= 11 is 6.08. The second-order valence-electron chi connectivity index (χ2n) is 8.04. The number of carbonyl (C=O) groups excluding carboxylic acids is 1. The van der Waals surface area contributed by atoms with Crippen LogP contribution < -0.4 is 19.1 Å². The molecule has 0 aliphatic rings. The van der Waals surface area contributed by atoms with Gasteiger partial charge in [0, 0.05) is 11.6 Å². The molecule has 3 aromatic carbocycles. The Morgan fingerprint density at radius 3 is 2.26 bits per heavy atom. The topological polar surface area (TPSA) is 84.9 Å². The fraction of sp³-hybridized carbons (Fsp3) is 0.269. The van der Waals surface area contributed by atoms with Gasteiger partial charge in [-0.2, -0.15) is 0 Å². The molecule has 186 valence electrons. The number of sulfonamides is 1. The summed E-state index contributed by atoms with van der Waals surface area (Å²) in [6.45, 7) is 3.59. The van der Waals surface area contributed by atoms with E-state index < -0.39 is 15.9 Å². The summed E-state index contributed by atoms with van der Waals surface area (Å²) < 4.78 is 38.7. The van der Waals surface area contributed by atoms with Crippen molar-refractivity contribution in [2.45, 2.75) is 25.2 Å². The Bertz CT molecular complexity index is 1290. The highest BCUT2D eigenvalue weighted by Crippen LogP contribution is 2.29. The van der Waals surface area contributed by atoms with E-state index in [9.17, 15) is 13.2 Å². The fourth-order valence-electron chi connectivity index (χ4n) is 3.60. The lowest BCUT2D eigenvalue weighted by Crippen LogP contribution is -2.41. The zero-order valence-electron chi connectivity index (χ0n) is 20.2. The Morgan fingerprint density at radius 1 is 0.943 bits per heavy atom. The molecule has 0 saturated carbocycles. The molecule has 0 fully saturated rings. The molecule has 9 heteroatoms. The minimum absolute atomic E-state index is 0.107. The molecule has 1 N–H and O–H groups in total. The van der Waals surface area contributed by atoms with E-state index in [0.29, 0.717) is 40.7 Å². The van der Waals surface area contributed by atoms with Crippen molar-refractivity contribution < 1.29 is 22.7 Å². The number of nitrogens with zero attached hydrogens (tertiary/aromatic N) is 1. The van der Waals surface area contributed by atoms with Gasteiger partial charge in [0.15, 0.2) is 11.5 Å². The molecule has 0 saturated heterocycles. The molecule has 0 radical (unpaired) electrons. The molecule has 3 aromatic rings. The van der Waals surface area contributed by atoms with E-state index in [1.807, 2.05) is 19.1 Å². The van der Waals surface area contributed by atoms with Crippen LogP contribution in [0, 0.1) is 13.8 Å². The molecule has 0 atom stereocenters. The number of benzene rings is 3. The van der Waals surface area contributed by atoms with E-state index in [4.69, 9.17) is 21.1 Å². The first kappa shape index (κ1) is 26.4. The number of nitrogens with one attached hydrogen (secondary N) is 1. The average molecular weight is 517 g/mol. The number of halogens is 1. The highest BCUT2D eigenvalue weighted by molar-refractivity contribution is 7.92. The van der Waals surface area contributed by atoms with Gasteiger partial charge in [-0.25, -0.2) is 8.42 Å². The van der Waals surface area contributed by atoms with Crippen molar-refractivity contribution in [1.29, 1.82) is 0 Å². The Hall–Kier alpha value is -3.23. The van der Waals surface area contributed by atoms with Gasteiger partial charge in [-0.05, 0) is 73.9 Å². The number of aryl methyl sites for hydroxylation is 2. The summed E-state index contributed by atoms with van der Waals surface area (Å²) in [5.41, 5.74) is 2.92. The van der Waals surface area contributed by atoms with Crippen LogP contribution in [0.15, 0.2) is 65.6 Å². The Morgan fingerprint density at radius 2 is 1.63 bits per heavy atom. The predicted molar refractivity (Wildman–Crippen MR) is 138 cm³/mol. The highest BCUT2D eigenvalue weighted by atomic mass is 35.5. The van der Waals surface area contributed by atoms with Gasteiger partial charge >= 0.3 is 0 Å². The van der Waals surface area contributed by atoms with Crippen molar-refractivity contribution in [3.05, 3.63) is 82.4 Å². The number of rotatable bonds is 10. The second-order valence-corrected chi connectivity index (χ2v) is 10.3. The van der Waals surface area contributed by atoms with Crippen LogP contribution >= 0.6 is 11.6 Å². The summed E-state index contributed by atoms with van der Waals surface area (Å²) in [6.07, 6.45) is 0.538. The SMILES string of the molecule is COc1ccc(CCNC(=O)CN(c2ccc(Cl)cc2C)S(=O)(=O)c2ccc(C)cc2)cc1OC. The molecule has 0 heterocycles.